The third-order valence-corrected chi connectivity index (χ3v) is 4.66. The highest BCUT2D eigenvalue weighted by Gasteiger charge is 2.25. The molecular weight excluding hydrogens is 352 g/mol. The van der Waals surface area contributed by atoms with Crippen LogP contribution in [-0.2, 0) is 17.9 Å². The van der Waals surface area contributed by atoms with Gasteiger partial charge >= 0.3 is 0 Å². The van der Waals surface area contributed by atoms with E-state index in [0.717, 1.165) is 16.8 Å². The van der Waals surface area contributed by atoms with E-state index in [9.17, 15) is 9.59 Å². The Morgan fingerprint density at radius 1 is 0.893 bits per heavy atom. The first-order valence-corrected chi connectivity index (χ1v) is 9.14. The van der Waals surface area contributed by atoms with E-state index in [0.29, 0.717) is 24.4 Å². The van der Waals surface area contributed by atoms with Crippen molar-refractivity contribution in [2.45, 2.75) is 13.1 Å². The highest BCUT2D eigenvalue weighted by molar-refractivity contribution is 5.98. The van der Waals surface area contributed by atoms with E-state index >= 15 is 0 Å². The van der Waals surface area contributed by atoms with Gasteiger partial charge in [0, 0.05) is 12.1 Å². The Kier molecular flexibility index (Phi) is 5.06. The molecular formula is C23H20N2O3. The lowest BCUT2D eigenvalue weighted by Crippen LogP contribution is -2.38. The molecule has 0 atom stereocenters. The van der Waals surface area contributed by atoms with Gasteiger partial charge in [-0.25, -0.2) is 0 Å². The van der Waals surface area contributed by atoms with Gasteiger partial charge in [0.25, 0.3) is 11.8 Å². The van der Waals surface area contributed by atoms with Gasteiger partial charge in [-0.1, -0.05) is 54.6 Å². The van der Waals surface area contributed by atoms with E-state index < -0.39 is 0 Å². The first-order valence-electron chi connectivity index (χ1n) is 9.14. The van der Waals surface area contributed by atoms with Gasteiger partial charge in [-0.3, -0.25) is 9.59 Å². The molecule has 3 aromatic rings. The lowest BCUT2D eigenvalue weighted by Gasteiger charge is -2.29. The number of para-hydroxylation sites is 2. The summed E-state index contributed by atoms with van der Waals surface area (Å²) >= 11 is 0. The largest absolute Gasteiger partial charge is 0.482 e. The van der Waals surface area contributed by atoms with Gasteiger partial charge in [0.2, 0.25) is 0 Å². The summed E-state index contributed by atoms with van der Waals surface area (Å²) in [5.74, 6) is 0.505. The minimum atomic E-state index is -0.122. The number of amides is 2. The number of rotatable bonds is 5. The molecule has 0 bridgehead atoms. The molecule has 140 valence electrons. The Balaban J connectivity index is 1.42. The van der Waals surface area contributed by atoms with E-state index in [1.165, 1.54) is 0 Å². The maximum absolute atomic E-state index is 12.3. The molecule has 1 heterocycles. The Morgan fingerprint density at radius 2 is 1.61 bits per heavy atom. The number of hydrogen-bond acceptors (Lipinski definition) is 3. The number of carbonyl (C=O) groups is 2. The van der Waals surface area contributed by atoms with Gasteiger partial charge in [-0.15, -0.1) is 0 Å². The van der Waals surface area contributed by atoms with Crippen molar-refractivity contribution in [2.75, 3.05) is 11.5 Å². The van der Waals surface area contributed by atoms with Gasteiger partial charge in [0.1, 0.15) is 5.75 Å². The molecule has 0 fully saturated rings. The molecule has 1 N–H and O–H groups in total. The van der Waals surface area contributed by atoms with Crippen molar-refractivity contribution in [1.82, 2.24) is 5.32 Å². The van der Waals surface area contributed by atoms with Crippen molar-refractivity contribution in [1.29, 1.82) is 0 Å². The molecule has 0 radical (unpaired) electrons. The first kappa shape index (κ1) is 17.8. The van der Waals surface area contributed by atoms with Crippen LogP contribution in [0.5, 0.6) is 5.75 Å². The number of carbonyl (C=O) groups excluding carboxylic acids is 2. The third-order valence-electron chi connectivity index (χ3n) is 4.66. The van der Waals surface area contributed by atoms with Crippen LogP contribution in [0.15, 0.2) is 78.9 Å². The first-order chi connectivity index (χ1) is 13.7. The van der Waals surface area contributed by atoms with Crippen molar-refractivity contribution in [2.24, 2.45) is 0 Å². The minimum Gasteiger partial charge on any atom is -0.482 e. The summed E-state index contributed by atoms with van der Waals surface area (Å²) in [6, 6.07) is 24.6. The van der Waals surface area contributed by atoms with Crippen molar-refractivity contribution in [3.05, 3.63) is 95.6 Å². The Bertz CT molecular complexity index is 984. The quantitative estimate of drug-likeness (QED) is 0.745. The predicted molar refractivity (Wildman–Crippen MR) is 107 cm³/mol. The van der Waals surface area contributed by atoms with Gasteiger partial charge in [-0.2, -0.15) is 0 Å². The Morgan fingerprint density at radius 3 is 2.39 bits per heavy atom. The Labute approximate surface area is 163 Å². The normalized spacial score (nSPS) is 12.9. The maximum Gasteiger partial charge on any atom is 0.265 e. The smallest absolute Gasteiger partial charge is 0.265 e. The van der Waals surface area contributed by atoms with Crippen LogP contribution in [-0.4, -0.2) is 18.4 Å². The van der Waals surface area contributed by atoms with E-state index in [4.69, 9.17) is 4.74 Å². The topological polar surface area (TPSA) is 58.6 Å². The van der Waals surface area contributed by atoms with E-state index in [-0.39, 0.29) is 18.4 Å². The number of fused-ring (bicyclic) bond motifs is 1. The van der Waals surface area contributed by atoms with E-state index in [2.05, 4.69) is 5.32 Å². The highest BCUT2D eigenvalue weighted by Crippen LogP contribution is 2.32. The molecule has 1 aliphatic heterocycles. The lowest BCUT2D eigenvalue weighted by atomic mass is 10.1. The fourth-order valence-corrected chi connectivity index (χ4v) is 3.15. The van der Waals surface area contributed by atoms with Crippen LogP contribution in [0, 0.1) is 0 Å². The van der Waals surface area contributed by atoms with Gasteiger partial charge < -0.3 is 15.0 Å². The fourth-order valence-electron chi connectivity index (χ4n) is 3.15. The number of hydrogen-bond donors (Lipinski definition) is 1. The van der Waals surface area contributed by atoms with Gasteiger partial charge in [0.05, 0.1) is 12.2 Å². The zero-order chi connectivity index (χ0) is 19.3. The molecule has 5 heteroatoms. The molecule has 2 amide bonds. The fraction of sp³-hybridized carbons (Fsp3) is 0.130. The number of nitrogens with one attached hydrogen (secondary N) is 1. The minimum absolute atomic E-state index is 0.0387. The van der Waals surface area contributed by atoms with Gasteiger partial charge in [-0.05, 0) is 35.4 Å². The number of nitrogens with zero attached hydrogens (tertiary/aromatic N) is 1. The highest BCUT2D eigenvalue weighted by atomic mass is 16.5. The third kappa shape index (κ3) is 3.88. The van der Waals surface area contributed by atoms with Crippen LogP contribution in [0.2, 0.25) is 0 Å². The molecule has 28 heavy (non-hydrogen) atoms. The summed E-state index contributed by atoms with van der Waals surface area (Å²) < 4.78 is 5.47. The van der Waals surface area contributed by atoms with Gasteiger partial charge in [0.15, 0.2) is 6.61 Å². The molecule has 0 saturated carbocycles. The summed E-state index contributed by atoms with van der Waals surface area (Å²) in [6.45, 7) is 0.961. The SMILES string of the molecule is O=C(NCc1ccccc1)c1ccc(CN2C(=O)COc3ccccc32)cc1. The molecule has 0 aromatic heterocycles. The molecule has 0 spiro atoms. The van der Waals surface area contributed by atoms with Crippen LogP contribution in [0.3, 0.4) is 0 Å². The van der Waals surface area contributed by atoms with Crippen molar-refractivity contribution in [3.63, 3.8) is 0 Å². The van der Waals surface area contributed by atoms with Crippen LogP contribution in [0.1, 0.15) is 21.5 Å². The monoisotopic (exact) mass is 372 g/mol. The molecule has 0 aliphatic carbocycles. The van der Waals surface area contributed by atoms with E-state index in [1.54, 1.807) is 17.0 Å². The lowest BCUT2D eigenvalue weighted by molar-refractivity contribution is -0.121. The molecule has 3 aromatic carbocycles. The zero-order valence-electron chi connectivity index (χ0n) is 15.3. The second-order valence-electron chi connectivity index (χ2n) is 6.60. The van der Waals surface area contributed by atoms with Crippen LogP contribution in [0.25, 0.3) is 0 Å². The molecule has 0 unspecified atom stereocenters. The molecule has 4 rings (SSSR count). The zero-order valence-corrected chi connectivity index (χ0v) is 15.3. The van der Waals surface area contributed by atoms with Crippen LogP contribution in [0.4, 0.5) is 5.69 Å². The Hall–Kier alpha value is -3.60. The maximum atomic E-state index is 12.3. The summed E-state index contributed by atoms with van der Waals surface area (Å²) in [7, 11) is 0. The molecule has 1 aliphatic rings. The number of benzene rings is 3. The molecule has 0 saturated heterocycles. The van der Waals surface area contributed by atoms with Crippen molar-refractivity contribution >= 4 is 17.5 Å². The second-order valence-corrected chi connectivity index (χ2v) is 6.60. The number of ether oxygens (including phenoxy) is 1. The molecule has 5 nitrogen and oxygen atoms in total. The van der Waals surface area contributed by atoms with Crippen molar-refractivity contribution in [3.8, 4) is 5.75 Å². The second kappa shape index (κ2) is 7.96. The number of anilines is 1. The van der Waals surface area contributed by atoms with Crippen LogP contribution < -0.4 is 15.0 Å². The average Bonchev–Trinajstić information content (AvgIpc) is 2.75. The van der Waals surface area contributed by atoms with Crippen LogP contribution >= 0.6 is 0 Å². The van der Waals surface area contributed by atoms with E-state index in [1.807, 2.05) is 66.7 Å². The van der Waals surface area contributed by atoms with Crippen molar-refractivity contribution < 1.29 is 14.3 Å². The summed E-state index contributed by atoms with van der Waals surface area (Å²) in [5.41, 5.74) is 3.36. The summed E-state index contributed by atoms with van der Waals surface area (Å²) in [4.78, 5) is 26.3. The standard InChI is InChI=1S/C23H20N2O3/c26-22-16-28-21-9-5-4-8-20(21)25(22)15-18-10-12-19(13-11-18)23(27)24-14-17-6-2-1-3-7-17/h1-13H,14-16H2,(H,24,27). The average molecular weight is 372 g/mol. The summed E-state index contributed by atoms with van der Waals surface area (Å²) in [5, 5.41) is 2.92. The predicted octanol–water partition coefficient (Wildman–Crippen LogP) is 3.54. The summed E-state index contributed by atoms with van der Waals surface area (Å²) in [6.07, 6.45) is 0.